The third-order valence-electron chi connectivity index (χ3n) is 7.89. The maximum absolute atomic E-state index is 13.4. The fourth-order valence-corrected chi connectivity index (χ4v) is 6.72. The second-order valence-electron chi connectivity index (χ2n) is 10.4. The molecule has 7 heteroatoms. The van der Waals surface area contributed by atoms with E-state index in [0.717, 1.165) is 38.3 Å². The van der Waals surface area contributed by atoms with E-state index in [4.69, 9.17) is 0 Å². The van der Waals surface area contributed by atoms with Crippen molar-refractivity contribution in [2.45, 2.75) is 66.0 Å². The highest BCUT2D eigenvalue weighted by atomic mass is 32.1. The lowest BCUT2D eigenvalue weighted by molar-refractivity contribution is -0.140. The molecule has 3 N–H and O–H groups in total. The number of aromatic hydroxyl groups is 1. The summed E-state index contributed by atoms with van der Waals surface area (Å²) in [5.41, 5.74) is 5.47. The SMILES string of the molecule is CCC1=C([C@H](O)CC/C(C)=C/c2cc(C)c(O)c(C)c2)[C@H](CO)[C@@H]2C(=O)N(Cc3cccs3)C(=O)[C@@H]2C1. The van der Waals surface area contributed by atoms with Crippen LogP contribution in [0, 0.1) is 31.6 Å². The van der Waals surface area contributed by atoms with Gasteiger partial charge in [-0.05, 0) is 92.3 Å². The molecule has 1 fully saturated rings. The molecular formula is C30H37NO5S. The molecule has 2 aliphatic rings. The van der Waals surface area contributed by atoms with E-state index in [2.05, 4.69) is 6.08 Å². The number of thiophene rings is 1. The van der Waals surface area contributed by atoms with Gasteiger partial charge < -0.3 is 15.3 Å². The van der Waals surface area contributed by atoms with Crippen LogP contribution in [0.5, 0.6) is 5.75 Å². The van der Waals surface area contributed by atoms with Crippen LogP contribution >= 0.6 is 11.3 Å². The zero-order valence-corrected chi connectivity index (χ0v) is 22.8. The Labute approximate surface area is 223 Å². The number of imide groups is 1. The predicted octanol–water partition coefficient (Wildman–Crippen LogP) is 5.14. The number of fused-ring (bicyclic) bond motifs is 1. The molecule has 6 nitrogen and oxygen atoms in total. The van der Waals surface area contributed by atoms with Crippen molar-refractivity contribution in [2.24, 2.45) is 17.8 Å². The Morgan fingerprint density at radius 3 is 2.51 bits per heavy atom. The molecule has 4 rings (SSSR count). The number of amides is 2. The summed E-state index contributed by atoms with van der Waals surface area (Å²) in [5, 5.41) is 33.7. The van der Waals surface area contributed by atoms with Crippen LogP contribution in [-0.4, -0.2) is 44.7 Å². The van der Waals surface area contributed by atoms with E-state index in [1.165, 1.54) is 16.2 Å². The van der Waals surface area contributed by atoms with Crippen molar-refractivity contribution in [1.29, 1.82) is 0 Å². The van der Waals surface area contributed by atoms with Crippen LogP contribution in [0.2, 0.25) is 0 Å². The molecule has 2 heterocycles. The van der Waals surface area contributed by atoms with Crippen LogP contribution in [-0.2, 0) is 16.1 Å². The van der Waals surface area contributed by atoms with Gasteiger partial charge in [0.05, 0.1) is 31.1 Å². The van der Waals surface area contributed by atoms with E-state index >= 15 is 0 Å². The Balaban J connectivity index is 1.52. The van der Waals surface area contributed by atoms with Gasteiger partial charge in [0.1, 0.15) is 5.75 Å². The number of aliphatic hydroxyl groups is 2. The standard InChI is InChI=1S/C30H37NO5S/c1-5-21-14-23-27(30(36)31(29(23)35)15-22-7-6-10-37-22)24(16-32)26(21)25(33)9-8-17(2)11-20-12-18(3)28(34)19(4)13-20/h6-7,10-13,23-25,27,32-34H,5,8-9,14-16H2,1-4H3/b17-11+/t23-,24+,25-,27-/m1/s1. The van der Waals surface area contributed by atoms with Gasteiger partial charge in [0.25, 0.3) is 0 Å². The minimum atomic E-state index is -0.797. The second kappa shape index (κ2) is 11.3. The number of carbonyl (C=O) groups excluding carboxylic acids is 2. The fourth-order valence-electron chi connectivity index (χ4n) is 6.03. The van der Waals surface area contributed by atoms with Gasteiger partial charge in [-0.25, -0.2) is 0 Å². The first kappa shape index (κ1) is 27.3. The first-order valence-electron chi connectivity index (χ1n) is 13.0. The number of nitrogens with zero attached hydrogens (tertiary/aromatic N) is 1. The van der Waals surface area contributed by atoms with Gasteiger partial charge >= 0.3 is 0 Å². The zero-order chi connectivity index (χ0) is 26.9. The molecule has 0 unspecified atom stereocenters. The number of phenolic OH excluding ortho intramolecular Hbond substituents is 1. The molecule has 37 heavy (non-hydrogen) atoms. The summed E-state index contributed by atoms with van der Waals surface area (Å²) in [6, 6.07) is 7.69. The molecule has 0 spiro atoms. The molecule has 1 aromatic carbocycles. The largest absolute Gasteiger partial charge is 0.507 e. The molecule has 0 radical (unpaired) electrons. The molecule has 0 saturated carbocycles. The van der Waals surface area contributed by atoms with Crippen LogP contribution in [0.15, 0.2) is 46.4 Å². The number of aryl methyl sites for hydroxylation is 2. The maximum atomic E-state index is 13.4. The predicted molar refractivity (Wildman–Crippen MR) is 146 cm³/mol. The van der Waals surface area contributed by atoms with Crippen molar-refractivity contribution < 1.29 is 24.9 Å². The first-order chi connectivity index (χ1) is 17.7. The highest BCUT2D eigenvalue weighted by Crippen LogP contribution is 2.47. The summed E-state index contributed by atoms with van der Waals surface area (Å²) >= 11 is 1.51. The summed E-state index contributed by atoms with van der Waals surface area (Å²) < 4.78 is 0. The summed E-state index contributed by atoms with van der Waals surface area (Å²) in [6.07, 6.45) is 3.49. The summed E-state index contributed by atoms with van der Waals surface area (Å²) in [7, 11) is 0. The maximum Gasteiger partial charge on any atom is 0.234 e. The van der Waals surface area contributed by atoms with Crippen LogP contribution < -0.4 is 0 Å². The first-order valence-corrected chi connectivity index (χ1v) is 13.9. The van der Waals surface area contributed by atoms with E-state index in [9.17, 15) is 24.9 Å². The molecule has 1 saturated heterocycles. The quantitative estimate of drug-likeness (QED) is 0.313. The number of hydrogen-bond donors (Lipinski definition) is 3. The Morgan fingerprint density at radius 2 is 1.92 bits per heavy atom. The van der Waals surface area contributed by atoms with Crippen molar-refractivity contribution in [3.05, 3.63) is 67.9 Å². The van der Waals surface area contributed by atoms with E-state index in [-0.39, 0.29) is 25.0 Å². The lowest BCUT2D eigenvalue weighted by Crippen LogP contribution is -2.39. The minimum Gasteiger partial charge on any atom is -0.507 e. The number of carbonyl (C=O) groups is 2. The third kappa shape index (κ3) is 5.44. The smallest absolute Gasteiger partial charge is 0.234 e. The van der Waals surface area contributed by atoms with Gasteiger partial charge in [0.15, 0.2) is 0 Å². The molecule has 198 valence electrons. The van der Waals surface area contributed by atoms with Crippen LogP contribution in [0.25, 0.3) is 6.08 Å². The number of benzene rings is 1. The van der Waals surface area contributed by atoms with Gasteiger partial charge in [-0.15, -0.1) is 11.3 Å². The van der Waals surface area contributed by atoms with Crippen molar-refractivity contribution in [3.63, 3.8) is 0 Å². The van der Waals surface area contributed by atoms with E-state index < -0.39 is 23.9 Å². The molecule has 1 aromatic heterocycles. The molecular weight excluding hydrogens is 486 g/mol. The molecule has 1 aliphatic carbocycles. The number of hydrogen-bond acceptors (Lipinski definition) is 6. The lowest BCUT2D eigenvalue weighted by atomic mass is 9.67. The van der Waals surface area contributed by atoms with Crippen LogP contribution in [0.1, 0.15) is 61.1 Å². The van der Waals surface area contributed by atoms with E-state index in [0.29, 0.717) is 31.4 Å². The van der Waals surface area contributed by atoms with Crippen LogP contribution in [0.3, 0.4) is 0 Å². The van der Waals surface area contributed by atoms with Gasteiger partial charge in [-0.3, -0.25) is 14.5 Å². The summed E-state index contributed by atoms with van der Waals surface area (Å²) in [5.74, 6) is -1.75. The fraction of sp³-hybridized carbons (Fsp3) is 0.467. The van der Waals surface area contributed by atoms with Crippen LogP contribution in [0.4, 0.5) is 0 Å². The molecule has 4 atom stereocenters. The molecule has 2 amide bonds. The molecule has 2 aromatic rings. The highest BCUT2D eigenvalue weighted by molar-refractivity contribution is 7.09. The normalized spacial score (nSPS) is 23.1. The van der Waals surface area contributed by atoms with Crippen molar-refractivity contribution in [2.75, 3.05) is 6.61 Å². The number of allylic oxidation sites excluding steroid dienone is 2. The van der Waals surface area contributed by atoms with E-state index in [1.807, 2.05) is 57.3 Å². The van der Waals surface area contributed by atoms with E-state index in [1.54, 1.807) is 0 Å². The Bertz CT molecular complexity index is 1210. The Hall–Kier alpha value is -2.74. The van der Waals surface area contributed by atoms with Crippen molar-refractivity contribution in [3.8, 4) is 5.75 Å². The molecule has 0 bridgehead atoms. The van der Waals surface area contributed by atoms with Gasteiger partial charge in [-0.1, -0.05) is 30.2 Å². The third-order valence-corrected chi connectivity index (χ3v) is 8.75. The summed E-state index contributed by atoms with van der Waals surface area (Å²) in [6.45, 7) is 7.76. The van der Waals surface area contributed by atoms with Gasteiger partial charge in [0, 0.05) is 10.8 Å². The minimum absolute atomic E-state index is 0.167. The highest BCUT2D eigenvalue weighted by Gasteiger charge is 2.54. The Kier molecular flexibility index (Phi) is 8.36. The number of rotatable bonds is 9. The second-order valence-corrected chi connectivity index (χ2v) is 11.5. The topological polar surface area (TPSA) is 98.1 Å². The monoisotopic (exact) mass is 523 g/mol. The number of phenols is 1. The van der Waals surface area contributed by atoms with Gasteiger partial charge in [0.2, 0.25) is 11.8 Å². The molecule has 1 aliphatic heterocycles. The summed E-state index contributed by atoms with van der Waals surface area (Å²) in [4.78, 5) is 29.0. The average molecular weight is 524 g/mol. The van der Waals surface area contributed by atoms with Gasteiger partial charge in [-0.2, -0.15) is 0 Å². The zero-order valence-electron chi connectivity index (χ0n) is 22.0. The van der Waals surface area contributed by atoms with Crippen molar-refractivity contribution >= 4 is 29.2 Å². The number of aliphatic hydroxyl groups excluding tert-OH is 2. The lowest BCUT2D eigenvalue weighted by Gasteiger charge is -2.36. The van der Waals surface area contributed by atoms with Crippen molar-refractivity contribution in [1.82, 2.24) is 4.90 Å². The average Bonchev–Trinajstić information content (AvgIpc) is 3.47. The number of likely N-dealkylation sites (tertiary alicyclic amines) is 1. The Morgan fingerprint density at radius 1 is 1.22 bits per heavy atom.